The molecule has 0 unspecified atom stereocenters. The molecule has 0 saturated heterocycles. The minimum Gasteiger partial charge on any atom is -0.370 e. The predicted octanol–water partition coefficient (Wildman–Crippen LogP) is 0.283. The Bertz CT molecular complexity index is 373. The van der Waals surface area contributed by atoms with Gasteiger partial charge < -0.3 is 16.0 Å². The summed E-state index contributed by atoms with van der Waals surface area (Å²) in [5.74, 6) is 0.254. The van der Waals surface area contributed by atoms with Gasteiger partial charge in [-0.25, -0.2) is 4.99 Å². The normalized spacial score (nSPS) is 11.3. The number of nitrogens with one attached hydrogen (secondary N) is 1. The predicted molar refractivity (Wildman–Crippen MR) is 71.2 cm³/mol. The zero-order chi connectivity index (χ0) is 12.7. The number of likely N-dealkylation sites (N-methyl/N-ethyl adjacent to an activating group) is 1. The van der Waals surface area contributed by atoms with Gasteiger partial charge in [0.05, 0.1) is 0 Å². The van der Waals surface area contributed by atoms with Crippen molar-refractivity contribution >= 4 is 23.2 Å². The monoisotopic (exact) mass is 254 g/mol. The van der Waals surface area contributed by atoms with Crippen LogP contribution in [0.15, 0.2) is 22.5 Å². The standard InChI is InChI=1S/C11H18N4OS/c1-15(2)10(16)8-14-11(12)13-6-5-9-4-3-7-17-9/h3-4,7H,5-6,8H2,1-2H3,(H3,12,13,14). The number of hydrogen-bond donors (Lipinski definition) is 2. The summed E-state index contributed by atoms with van der Waals surface area (Å²) in [6.07, 6.45) is 0.912. The Morgan fingerprint density at radius 3 is 2.94 bits per heavy atom. The van der Waals surface area contributed by atoms with Crippen LogP contribution in [0.5, 0.6) is 0 Å². The van der Waals surface area contributed by atoms with Crippen molar-refractivity contribution in [2.45, 2.75) is 6.42 Å². The number of carbonyl (C=O) groups excluding carboxylic acids is 1. The zero-order valence-corrected chi connectivity index (χ0v) is 11.0. The van der Waals surface area contributed by atoms with Crippen LogP contribution in [0.3, 0.4) is 0 Å². The van der Waals surface area contributed by atoms with Gasteiger partial charge >= 0.3 is 0 Å². The lowest BCUT2D eigenvalue weighted by Gasteiger charge is -2.08. The fourth-order valence-electron chi connectivity index (χ4n) is 1.12. The molecular formula is C11H18N4OS. The second-order valence-corrected chi connectivity index (χ2v) is 4.78. The molecule has 0 radical (unpaired) electrons. The van der Waals surface area contributed by atoms with Crippen LogP contribution < -0.4 is 11.1 Å². The van der Waals surface area contributed by atoms with Gasteiger partial charge in [-0.3, -0.25) is 4.79 Å². The van der Waals surface area contributed by atoms with Crippen molar-refractivity contribution in [3.8, 4) is 0 Å². The molecule has 1 aromatic heterocycles. The van der Waals surface area contributed by atoms with Gasteiger partial charge in [0, 0.05) is 25.5 Å². The first-order valence-corrected chi connectivity index (χ1v) is 6.24. The molecule has 0 fully saturated rings. The molecule has 0 aliphatic rings. The maximum absolute atomic E-state index is 11.2. The summed E-state index contributed by atoms with van der Waals surface area (Å²) >= 11 is 1.72. The molecule has 0 bridgehead atoms. The molecule has 6 heteroatoms. The van der Waals surface area contributed by atoms with Crippen molar-refractivity contribution in [3.05, 3.63) is 22.4 Å². The van der Waals surface area contributed by atoms with E-state index in [4.69, 9.17) is 5.73 Å². The largest absolute Gasteiger partial charge is 0.370 e. The van der Waals surface area contributed by atoms with Gasteiger partial charge in [0.2, 0.25) is 5.91 Å². The Labute approximate surface area is 105 Å². The molecule has 0 aliphatic carbocycles. The number of guanidine groups is 1. The molecule has 17 heavy (non-hydrogen) atoms. The van der Waals surface area contributed by atoms with Crippen LogP contribution in [-0.2, 0) is 11.2 Å². The Kier molecular flexibility index (Phi) is 5.48. The van der Waals surface area contributed by atoms with Gasteiger partial charge in [-0.05, 0) is 17.9 Å². The topological polar surface area (TPSA) is 70.7 Å². The summed E-state index contributed by atoms with van der Waals surface area (Å²) in [4.78, 5) is 18.0. The quantitative estimate of drug-likeness (QED) is 0.586. The van der Waals surface area contributed by atoms with Crippen molar-refractivity contribution in [3.63, 3.8) is 0 Å². The van der Waals surface area contributed by atoms with Crippen LogP contribution in [0.2, 0.25) is 0 Å². The number of nitrogens with two attached hydrogens (primary N) is 1. The smallest absolute Gasteiger partial charge is 0.243 e. The number of hydrogen-bond acceptors (Lipinski definition) is 3. The lowest BCUT2D eigenvalue weighted by molar-refractivity contribution is -0.127. The lowest BCUT2D eigenvalue weighted by atomic mass is 10.3. The third-order valence-corrected chi connectivity index (χ3v) is 3.08. The van der Waals surface area contributed by atoms with E-state index < -0.39 is 0 Å². The van der Waals surface area contributed by atoms with Crippen LogP contribution in [0.25, 0.3) is 0 Å². The average molecular weight is 254 g/mol. The number of rotatable bonds is 5. The van der Waals surface area contributed by atoms with Gasteiger partial charge in [0.25, 0.3) is 0 Å². The van der Waals surface area contributed by atoms with Crippen LogP contribution in [0.4, 0.5) is 0 Å². The summed E-state index contributed by atoms with van der Waals surface area (Å²) in [5, 5.41) is 5.02. The van der Waals surface area contributed by atoms with Crippen LogP contribution in [-0.4, -0.2) is 44.0 Å². The van der Waals surface area contributed by atoms with E-state index in [1.807, 2.05) is 11.4 Å². The van der Waals surface area contributed by atoms with Crippen molar-refractivity contribution in [2.75, 3.05) is 27.2 Å². The Balaban J connectivity index is 2.22. The zero-order valence-electron chi connectivity index (χ0n) is 10.1. The second kappa shape index (κ2) is 6.90. The summed E-state index contributed by atoms with van der Waals surface area (Å²) in [6, 6.07) is 4.10. The Hall–Kier alpha value is -1.56. The van der Waals surface area contributed by atoms with E-state index in [0.717, 1.165) is 13.0 Å². The summed E-state index contributed by atoms with van der Waals surface area (Å²) < 4.78 is 0. The number of thiophene rings is 1. The average Bonchev–Trinajstić information content (AvgIpc) is 2.78. The molecule has 0 aliphatic heterocycles. The molecule has 1 heterocycles. The van der Waals surface area contributed by atoms with E-state index in [1.165, 1.54) is 9.78 Å². The van der Waals surface area contributed by atoms with E-state index in [-0.39, 0.29) is 12.5 Å². The van der Waals surface area contributed by atoms with Gasteiger partial charge in [0.15, 0.2) is 5.96 Å². The number of carbonyl (C=O) groups is 1. The van der Waals surface area contributed by atoms with E-state index >= 15 is 0 Å². The van der Waals surface area contributed by atoms with Crippen LogP contribution in [0.1, 0.15) is 4.88 Å². The Morgan fingerprint density at radius 1 is 1.59 bits per heavy atom. The SMILES string of the molecule is CN(C)C(=O)CN=C(N)NCCc1cccs1. The van der Waals surface area contributed by atoms with Crippen molar-refractivity contribution in [1.82, 2.24) is 10.2 Å². The minimum atomic E-state index is -0.0620. The highest BCUT2D eigenvalue weighted by molar-refractivity contribution is 7.09. The minimum absolute atomic E-state index is 0.0620. The van der Waals surface area contributed by atoms with Gasteiger partial charge in [-0.15, -0.1) is 11.3 Å². The van der Waals surface area contributed by atoms with E-state index in [1.54, 1.807) is 25.4 Å². The van der Waals surface area contributed by atoms with Crippen molar-refractivity contribution < 1.29 is 4.79 Å². The van der Waals surface area contributed by atoms with Gasteiger partial charge in [-0.2, -0.15) is 0 Å². The first-order chi connectivity index (χ1) is 8.09. The van der Waals surface area contributed by atoms with Gasteiger partial charge in [0.1, 0.15) is 6.54 Å². The number of amides is 1. The maximum atomic E-state index is 11.2. The molecule has 3 N–H and O–H groups in total. The first-order valence-electron chi connectivity index (χ1n) is 5.36. The third kappa shape index (κ3) is 5.35. The van der Waals surface area contributed by atoms with Crippen LogP contribution in [0, 0.1) is 0 Å². The summed E-state index contributed by atoms with van der Waals surface area (Å²) in [6.45, 7) is 0.816. The first kappa shape index (κ1) is 13.5. The maximum Gasteiger partial charge on any atom is 0.243 e. The molecule has 1 amide bonds. The second-order valence-electron chi connectivity index (χ2n) is 3.75. The molecule has 0 atom stereocenters. The number of nitrogens with zero attached hydrogens (tertiary/aromatic N) is 2. The van der Waals surface area contributed by atoms with Gasteiger partial charge in [-0.1, -0.05) is 6.07 Å². The third-order valence-electron chi connectivity index (χ3n) is 2.14. The molecule has 1 aromatic rings. The molecular weight excluding hydrogens is 236 g/mol. The highest BCUT2D eigenvalue weighted by Gasteiger charge is 2.02. The number of aliphatic imine (C=N–C) groups is 1. The lowest BCUT2D eigenvalue weighted by Crippen LogP contribution is -2.34. The van der Waals surface area contributed by atoms with Crippen molar-refractivity contribution in [2.24, 2.45) is 10.7 Å². The fraction of sp³-hybridized carbons (Fsp3) is 0.455. The van der Waals surface area contributed by atoms with Crippen LogP contribution >= 0.6 is 11.3 Å². The summed E-state index contributed by atoms with van der Waals surface area (Å²) in [5.41, 5.74) is 5.63. The van der Waals surface area contributed by atoms with E-state index in [0.29, 0.717) is 5.96 Å². The molecule has 5 nitrogen and oxygen atoms in total. The molecule has 1 rings (SSSR count). The van der Waals surface area contributed by atoms with E-state index in [9.17, 15) is 4.79 Å². The highest BCUT2D eigenvalue weighted by atomic mass is 32.1. The molecule has 0 spiro atoms. The Morgan fingerprint density at radius 2 is 2.35 bits per heavy atom. The van der Waals surface area contributed by atoms with E-state index in [2.05, 4.69) is 16.4 Å². The highest BCUT2D eigenvalue weighted by Crippen LogP contribution is 2.07. The molecule has 94 valence electrons. The summed E-state index contributed by atoms with van der Waals surface area (Å²) in [7, 11) is 3.39. The van der Waals surface area contributed by atoms with Crippen molar-refractivity contribution in [1.29, 1.82) is 0 Å². The molecule has 0 saturated carbocycles. The fourth-order valence-corrected chi connectivity index (χ4v) is 1.83. The molecule has 0 aromatic carbocycles.